The Morgan fingerprint density at radius 1 is 1.13 bits per heavy atom. The summed E-state index contributed by atoms with van der Waals surface area (Å²) in [5.74, 6) is 0.118. The largest absolute Gasteiger partial charge is 0.352 e. The Labute approximate surface area is 177 Å². The molecule has 4 rings (SSSR count). The Balaban J connectivity index is 1.56. The number of nitrogens with zero attached hydrogens (tertiary/aromatic N) is 2. The van der Waals surface area contributed by atoms with Crippen LogP contribution in [-0.4, -0.2) is 41.3 Å². The van der Waals surface area contributed by atoms with Crippen molar-refractivity contribution in [1.29, 1.82) is 0 Å². The number of carbonyl (C=O) groups excluding carboxylic acids is 2. The van der Waals surface area contributed by atoms with Gasteiger partial charge in [0.2, 0.25) is 5.91 Å². The lowest BCUT2D eigenvalue weighted by Crippen LogP contribution is -2.30. The maximum atomic E-state index is 13.0. The lowest BCUT2D eigenvalue weighted by atomic mass is 9.99. The van der Waals surface area contributed by atoms with Gasteiger partial charge < -0.3 is 10.2 Å². The zero-order chi connectivity index (χ0) is 21.1. The molecule has 0 saturated carbocycles. The molecule has 1 N–H and O–H groups in total. The first kappa shape index (κ1) is 20.1. The van der Waals surface area contributed by atoms with Crippen LogP contribution < -0.4 is 5.32 Å². The number of hydrogen-bond acceptors (Lipinski definition) is 3. The Morgan fingerprint density at radius 3 is 2.73 bits per heavy atom. The summed E-state index contributed by atoms with van der Waals surface area (Å²) in [5, 5.41) is 3.87. The predicted octanol–water partition coefficient (Wildman–Crippen LogP) is 4.26. The van der Waals surface area contributed by atoms with Crippen molar-refractivity contribution in [3.8, 4) is 11.3 Å². The summed E-state index contributed by atoms with van der Waals surface area (Å²) in [5.41, 5.74) is 5.62. The molecule has 2 aromatic carbocycles. The van der Waals surface area contributed by atoms with Crippen LogP contribution >= 0.6 is 0 Å². The first-order valence-corrected chi connectivity index (χ1v) is 10.6. The zero-order valence-corrected chi connectivity index (χ0v) is 17.6. The number of fused-ring (bicyclic) bond motifs is 1. The number of carbonyl (C=O) groups is 2. The highest BCUT2D eigenvalue weighted by atomic mass is 16.2. The van der Waals surface area contributed by atoms with Crippen molar-refractivity contribution in [2.75, 3.05) is 19.6 Å². The van der Waals surface area contributed by atoms with Gasteiger partial charge in [-0.05, 0) is 44.4 Å². The van der Waals surface area contributed by atoms with Gasteiger partial charge in [0, 0.05) is 37.0 Å². The standard InChI is InChI=1S/C25H27N3O2/c1-17-10-11-19(18(2)15-17)23-16-21(20-7-3-4-8-22(20)27-23)25(30)26-12-6-14-28-13-5-9-24(28)29/h3-4,7-8,10-11,15-16H,5-6,9,12-14H2,1-2H3,(H,26,30). The molecule has 1 aromatic heterocycles. The van der Waals surface area contributed by atoms with Crippen LogP contribution in [0.25, 0.3) is 22.2 Å². The Morgan fingerprint density at radius 2 is 1.97 bits per heavy atom. The van der Waals surface area contributed by atoms with E-state index in [4.69, 9.17) is 4.98 Å². The number of aryl methyl sites for hydroxylation is 2. The normalized spacial score (nSPS) is 13.8. The SMILES string of the molecule is Cc1ccc(-c2cc(C(=O)NCCCN3CCCC3=O)c3ccccc3n2)c(C)c1. The van der Waals surface area contributed by atoms with E-state index in [-0.39, 0.29) is 11.8 Å². The molecule has 0 aliphatic carbocycles. The molecule has 0 bridgehead atoms. The van der Waals surface area contributed by atoms with Crippen LogP contribution in [0.5, 0.6) is 0 Å². The molecule has 1 fully saturated rings. The molecule has 3 aromatic rings. The number of para-hydroxylation sites is 1. The molecule has 5 heteroatoms. The predicted molar refractivity (Wildman–Crippen MR) is 119 cm³/mol. The molecule has 30 heavy (non-hydrogen) atoms. The van der Waals surface area contributed by atoms with E-state index in [1.165, 1.54) is 5.56 Å². The summed E-state index contributed by atoms with van der Waals surface area (Å²) in [4.78, 5) is 31.4. The average molecular weight is 402 g/mol. The third-order valence-electron chi connectivity index (χ3n) is 5.68. The monoisotopic (exact) mass is 401 g/mol. The summed E-state index contributed by atoms with van der Waals surface area (Å²) in [7, 11) is 0. The molecule has 0 atom stereocenters. The van der Waals surface area contributed by atoms with Crippen LogP contribution in [0.1, 0.15) is 40.7 Å². The molecule has 0 spiro atoms. The van der Waals surface area contributed by atoms with Gasteiger partial charge in [-0.25, -0.2) is 4.98 Å². The number of hydrogen-bond donors (Lipinski definition) is 1. The van der Waals surface area contributed by atoms with Crippen molar-refractivity contribution in [2.45, 2.75) is 33.1 Å². The minimum absolute atomic E-state index is 0.104. The molecule has 154 valence electrons. The van der Waals surface area contributed by atoms with Crippen molar-refractivity contribution in [2.24, 2.45) is 0 Å². The Kier molecular flexibility index (Phi) is 5.79. The highest BCUT2D eigenvalue weighted by Gasteiger charge is 2.19. The van der Waals surface area contributed by atoms with Crippen molar-refractivity contribution in [1.82, 2.24) is 15.2 Å². The van der Waals surface area contributed by atoms with Gasteiger partial charge in [-0.3, -0.25) is 9.59 Å². The van der Waals surface area contributed by atoms with E-state index in [0.29, 0.717) is 25.1 Å². The van der Waals surface area contributed by atoms with Crippen LogP contribution in [0.3, 0.4) is 0 Å². The fraction of sp³-hybridized carbons (Fsp3) is 0.320. The molecule has 0 radical (unpaired) electrons. The smallest absolute Gasteiger partial charge is 0.252 e. The molecule has 0 unspecified atom stereocenters. The number of nitrogens with one attached hydrogen (secondary N) is 1. The number of rotatable bonds is 6. The minimum atomic E-state index is -0.104. The highest BCUT2D eigenvalue weighted by molar-refractivity contribution is 6.07. The van der Waals surface area contributed by atoms with Crippen molar-refractivity contribution < 1.29 is 9.59 Å². The van der Waals surface area contributed by atoms with Gasteiger partial charge in [0.25, 0.3) is 5.91 Å². The van der Waals surface area contributed by atoms with E-state index < -0.39 is 0 Å². The Bertz CT molecular complexity index is 1110. The van der Waals surface area contributed by atoms with Gasteiger partial charge in [-0.15, -0.1) is 0 Å². The van der Waals surface area contributed by atoms with Crippen LogP contribution in [0.4, 0.5) is 0 Å². The number of pyridine rings is 1. The van der Waals surface area contributed by atoms with Gasteiger partial charge in [0.05, 0.1) is 16.8 Å². The quantitative estimate of drug-likeness (QED) is 0.628. The lowest BCUT2D eigenvalue weighted by molar-refractivity contribution is -0.127. The van der Waals surface area contributed by atoms with Crippen molar-refractivity contribution in [3.05, 3.63) is 65.2 Å². The molecule has 1 aliphatic heterocycles. The van der Waals surface area contributed by atoms with Crippen LogP contribution in [0.15, 0.2) is 48.5 Å². The van der Waals surface area contributed by atoms with E-state index in [0.717, 1.165) is 47.1 Å². The summed E-state index contributed by atoms with van der Waals surface area (Å²) in [6.45, 7) is 6.21. The second-order valence-corrected chi connectivity index (χ2v) is 7.98. The fourth-order valence-corrected chi connectivity index (χ4v) is 4.11. The third kappa shape index (κ3) is 4.20. The maximum absolute atomic E-state index is 13.0. The zero-order valence-electron chi connectivity index (χ0n) is 17.6. The summed E-state index contributed by atoms with van der Waals surface area (Å²) in [6.07, 6.45) is 2.34. The van der Waals surface area contributed by atoms with Gasteiger partial charge in [0.1, 0.15) is 0 Å². The summed E-state index contributed by atoms with van der Waals surface area (Å²) in [6, 6.07) is 15.9. The number of likely N-dealkylation sites (tertiary alicyclic amines) is 1. The minimum Gasteiger partial charge on any atom is -0.352 e. The van der Waals surface area contributed by atoms with E-state index in [1.807, 2.05) is 35.2 Å². The molecular formula is C25H27N3O2. The molecule has 1 saturated heterocycles. The average Bonchev–Trinajstić information content (AvgIpc) is 3.15. The van der Waals surface area contributed by atoms with Gasteiger partial charge in [0.15, 0.2) is 0 Å². The number of benzene rings is 2. The molecule has 5 nitrogen and oxygen atoms in total. The van der Waals surface area contributed by atoms with E-state index in [2.05, 4.69) is 37.4 Å². The molecule has 2 heterocycles. The maximum Gasteiger partial charge on any atom is 0.252 e. The molecule has 1 aliphatic rings. The van der Waals surface area contributed by atoms with Gasteiger partial charge in [-0.1, -0.05) is 42.0 Å². The van der Waals surface area contributed by atoms with Crippen molar-refractivity contribution >= 4 is 22.7 Å². The van der Waals surface area contributed by atoms with Gasteiger partial charge in [-0.2, -0.15) is 0 Å². The van der Waals surface area contributed by atoms with Crippen molar-refractivity contribution in [3.63, 3.8) is 0 Å². The summed E-state index contributed by atoms with van der Waals surface area (Å²) < 4.78 is 0. The Hall–Kier alpha value is -3.21. The second-order valence-electron chi connectivity index (χ2n) is 7.98. The first-order valence-electron chi connectivity index (χ1n) is 10.6. The topological polar surface area (TPSA) is 62.3 Å². The highest BCUT2D eigenvalue weighted by Crippen LogP contribution is 2.27. The number of amides is 2. The second kappa shape index (κ2) is 8.66. The van der Waals surface area contributed by atoms with E-state index in [9.17, 15) is 9.59 Å². The van der Waals surface area contributed by atoms with E-state index in [1.54, 1.807) is 0 Å². The van der Waals surface area contributed by atoms with E-state index >= 15 is 0 Å². The third-order valence-corrected chi connectivity index (χ3v) is 5.68. The molecular weight excluding hydrogens is 374 g/mol. The summed E-state index contributed by atoms with van der Waals surface area (Å²) >= 11 is 0. The first-order chi connectivity index (χ1) is 14.5. The number of aromatic nitrogens is 1. The van der Waals surface area contributed by atoms with Crippen LogP contribution in [0.2, 0.25) is 0 Å². The molecule has 2 amide bonds. The van der Waals surface area contributed by atoms with Gasteiger partial charge >= 0.3 is 0 Å². The lowest BCUT2D eigenvalue weighted by Gasteiger charge is -2.16. The van der Waals surface area contributed by atoms with Crippen LogP contribution in [-0.2, 0) is 4.79 Å². The fourth-order valence-electron chi connectivity index (χ4n) is 4.11. The van der Waals surface area contributed by atoms with Crippen LogP contribution in [0, 0.1) is 13.8 Å².